The van der Waals surface area contributed by atoms with E-state index < -0.39 is 17.1 Å². The molecule has 0 saturated carbocycles. The quantitative estimate of drug-likeness (QED) is 0.113. The van der Waals surface area contributed by atoms with Gasteiger partial charge in [0, 0.05) is 26.6 Å². The SMILES string of the molecule is C=C(C(=O)Cl)c1ccc(Br)cc1.C=CC(=O)N(Cc1ccc(OC)cc1)C(=O)C(=C)c1ccc(Br)cc1.C=CC(=O)NCc1ccc(OC)cc1. The molecule has 0 radical (unpaired) electrons. The highest BCUT2D eigenvalue weighted by molar-refractivity contribution is 9.10. The molecule has 0 heterocycles. The van der Waals surface area contributed by atoms with Crippen LogP contribution in [0.15, 0.2) is 144 Å². The van der Waals surface area contributed by atoms with Crippen molar-refractivity contribution < 1.29 is 28.7 Å². The molecule has 4 rings (SSSR count). The van der Waals surface area contributed by atoms with Crippen molar-refractivity contribution >= 4 is 77.6 Å². The summed E-state index contributed by atoms with van der Waals surface area (Å²) >= 11 is 11.9. The first kappa shape index (κ1) is 42.1. The molecule has 4 aromatic carbocycles. The van der Waals surface area contributed by atoms with Gasteiger partial charge in [0.05, 0.1) is 20.8 Å². The van der Waals surface area contributed by atoms with Crippen molar-refractivity contribution in [3.63, 3.8) is 0 Å². The van der Waals surface area contributed by atoms with Gasteiger partial charge in [-0.3, -0.25) is 24.1 Å². The van der Waals surface area contributed by atoms with E-state index >= 15 is 0 Å². The summed E-state index contributed by atoms with van der Waals surface area (Å²) in [5, 5.41) is 2.17. The maximum absolute atomic E-state index is 12.8. The molecule has 3 amide bonds. The molecule has 0 bridgehead atoms. The van der Waals surface area contributed by atoms with Gasteiger partial charge in [-0.15, -0.1) is 0 Å². The Balaban J connectivity index is 0.000000292. The molecule has 0 fully saturated rings. The minimum absolute atomic E-state index is 0.128. The van der Waals surface area contributed by atoms with Crippen LogP contribution in [0, 0.1) is 0 Å². The molecule has 0 spiro atoms. The van der Waals surface area contributed by atoms with E-state index in [-0.39, 0.29) is 18.0 Å². The summed E-state index contributed by atoms with van der Waals surface area (Å²) in [7, 11) is 3.20. The first-order chi connectivity index (χ1) is 24.3. The minimum Gasteiger partial charge on any atom is -0.497 e. The van der Waals surface area contributed by atoms with Crippen molar-refractivity contribution in [2.24, 2.45) is 0 Å². The first-order valence-corrected chi connectivity index (χ1v) is 17.0. The van der Waals surface area contributed by atoms with Crippen LogP contribution in [0.3, 0.4) is 0 Å². The second-order valence-corrected chi connectivity index (χ2v) is 12.5. The number of allylic oxidation sites excluding steroid dienone is 1. The topological polar surface area (TPSA) is 102 Å². The molecular formula is C40H37Br2ClN2O6. The number of benzene rings is 4. The molecule has 0 aromatic heterocycles. The molecule has 264 valence electrons. The third-order valence-electron chi connectivity index (χ3n) is 6.88. The van der Waals surface area contributed by atoms with Gasteiger partial charge in [0.2, 0.25) is 5.91 Å². The van der Waals surface area contributed by atoms with E-state index in [0.717, 1.165) is 42.4 Å². The molecule has 4 aromatic rings. The van der Waals surface area contributed by atoms with Crippen LogP contribution in [0.4, 0.5) is 0 Å². The second kappa shape index (κ2) is 21.9. The normalized spacial score (nSPS) is 9.67. The zero-order valence-corrected chi connectivity index (χ0v) is 32.1. The lowest BCUT2D eigenvalue weighted by Crippen LogP contribution is -2.35. The van der Waals surface area contributed by atoms with Crippen LogP contribution in [0.2, 0.25) is 0 Å². The van der Waals surface area contributed by atoms with E-state index in [4.69, 9.17) is 21.1 Å². The van der Waals surface area contributed by atoms with Crippen LogP contribution in [-0.4, -0.2) is 42.1 Å². The summed E-state index contributed by atoms with van der Waals surface area (Å²) in [4.78, 5) is 47.6. The second-order valence-electron chi connectivity index (χ2n) is 10.3. The number of carbonyl (C=O) groups is 4. The summed E-state index contributed by atoms with van der Waals surface area (Å²) in [6.07, 6.45) is 2.37. The monoisotopic (exact) mass is 834 g/mol. The van der Waals surface area contributed by atoms with Gasteiger partial charge in [0.1, 0.15) is 11.5 Å². The number of nitrogens with one attached hydrogen (secondary N) is 1. The molecule has 51 heavy (non-hydrogen) atoms. The van der Waals surface area contributed by atoms with Crippen molar-refractivity contribution in [1.29, 1.82) is 0 Å². The van der Waals surface area contributed by atoms with E-state index in [2.05, 4.69) is 63.5 Å². The third-order valence-corrected chi connectivity index (χ3v) is 8.16. The van der Waals surface area contributed by atoms with Crippen LogP contribution in [0.25, 0.3) is 11.1 Å². The summed E-state index contributed by atoms with van der Waals surface area (Å²) in [5.74, 6) is 0.419. The van der Waals surface area contributed by atoms with Gasteiger partial charge in [-0.1, -0.05) is 107 Å². The standard InChI is InChI=1S/C20H18BrNO3.C11H13NO2.C9H6BrClO/c1-4-19(23)22(13-15-5-11-18(25-3)12-6-15)20(24)14(2)16-7-9-17(21)10-8-16;1-3-11(13)12-8-9-4-6-10(14-2)7-5-9;1-6(9(11)12)7-2-4-8(10)5-3-7/h4-12H,1-2,13H2,3H3;3-7H,1,8H2,2H3,(H,12,13);2-5H,1H2. The highest BCUT2D eigenvalue weighted by atomic mass is 79.9. The molecule has 0 aliphatic rings. The van der Waals surface area contributed by atoms with Gasteiger partial charge < -0.3 is 14.8 Å². The Hall–Kier alpha value is -5.03. The number of methoxy groups -OCH3 is 2. The highest BCUT2D eigenvalue weighted by Gasteiger charge is 2.23. The molecule has 0 atom stereocenters. The van der Waals surface area contributed by atoms with Crippen LogP contribution < -0.4 is 14.8 Å². The van der Waals surface area contributed by atoms with Crippen LogP contribution in [0.5, 0.6) is 11.5 Å². The fourth-order valence-corrected chi connectivity index (χ4v) is 4.62. The van der Waals surface area contributed by atoms with Crippen molar-refractivity contribution in [3.05, 3.63) is 167 Å². The number of hydrogen-bond acceptors (Lipinski definition) is 6. The number of imide groups is 1. The Morgan fingerprint density at radius 1 is 0.686 bits per heavy atom. The third kappa shape index (κ3) is 14.4. The number of rotatable bonds is 12. The lowest BCUT2D eigenvalue weighted by atomic mass is 10.1. The smallest absolute Gasteiger partial charge is 0.261 e. The Bertz CT molecular complexity index is 1840. The highest BCUT2D eigenvalue weighted by Crippen LogP contribution is 2.21. The average Bonchev–Trinajstić information content (AvgIpc) is 3.16. The predicted molar refractivity (Wildman–Crippen MR) is 211 cm³/mol. The number of amides is 3. The zero-order valence-electron chi connectivity index (χ0n) is 28.2. The number of carbonyl (C=O) groups excluding carboxylic acids is 4. The molecule has 11 heteroatoms. The molecule has 1 N–H and O–H groups in total. The molecular weight excluding hydrogens is 800 g/mol. The molecule has 8 nitrogen and oxygen atoms in total. The average molecular weight is 837 g/mol. The van der Waals surface area contributed by atoms with Crippen molar-refractivity contribution in [2.75, 3.05) is 14.2 Å². The number of hydrogen-bond donors (Lipinski definition) is 1. The predicted octanol–water partition coefficient (Wildman–Crippen LogP) is 8.94. The molecule has 0 saturated heterocycles. The lowest BCUT2D eigenvalue weighted by Gasteiger charge is -2.21. The van der Waals surface area contributed by atoms with Gasteiger partial charge in [-0.2, -0.15) is 0 Å². The lowest BCUT2D eigenvalue weighted by molar-refractivity contribution is -0.138. The van der Waals surface area contributed by atoms with E-state index in [9.17, 15) is 19.2 Å². The Morgan fingerprint density at radius 2 is 1.12 bits per heavy atom. The van der Waals surface area contributed by atoms with Crippen molar-refractivity contribution in [1.82, 2.24) is 10.2 Å². The number of halogens is 3. The largest absolute Gasteiger partial charge is 0.497 e. The summed E-state index contributed by atoms with van der Waals surface area (Å²) in [6.45, 7) is 14.9. The minimum atomic E-state index is -0.516. The molecule has 0 aliphatic carbocycles. The van der Waals surface area contributed by atoms with Crippen LogP contribution >= 0.6 is 43.5 Å². The maximum Gasteiger partial charge on any atom is 0.261 e. The number of ether oxygens (including phenoxy) is 2. The van der Waals surface area contributed by atoms with Crippen molar-refractivity contribution in [3.8, 4) is 11.5 Å². The van der Waals surface area contributed by atoms with Crippen LogP contribution in [0.1, 0.15) is 22.3 Å². The number of nitrogens with zero attached hydrogens (tertiary/aromatic N) is 1. The zero-order chi connectivity index (χ0) is 37.9. The van der Waals surface area contributed by atoms with Gasteiger partial charge in [0.15, 0.2) is 0 Å². The fraction of sp³-hybridized carbons (Fsp3) is 0.100. The fourth-order valence-electron chi connectivity index (χ4n) is 3.98. The summed E-state index contributed by atoms with van der Waals surface area (Å²) in [6, 6.07) is 29.1. The van der Waals surface area contributed by atoms with Crippen LogP contribution in [-0.2, 0) is 32.3 Å². The van der Waals surface area contributed by atoms with E-state index in [1.54, 1.807) is 62.8 Å². The molecule has 0 unspecified atom stereocenters. The van der Waals surface area contributed by atoms with E-state index in [1.165, 1.54) is 6.08 Å². The van der Waals surface area contributed by atoms with Gasteiger partial charge >= 0.3 is 0 Å². The first-order valence-electron chi connectivity index (χ1n) is 15.1. The van der Waals surface area contributed by atoms with Gasteiger partial charge in [-0.25, -0.2) is 0 Å². The maximum atomic E-state index is 12.8. The van der Waals surface area contributed by atoms with Gasteiger partial charge in [-0.05, 0) is 94.5 Å². The Kier molecular flexibility index (Phi) is 18.1. The van der Waals surface area contributed by atoms with E-state index in [0.29, 0.717) is 23.4 Å². The van der Waals surface area contributed by atoms with Gasteiger partial charge in [0.25, 0.3) is 17.1 Å². The molecule has 0 aliphatic heterocycles. The van der Waals surface area contributed by atoms with E-state index in [1.807, 2.05) is 48.5 Å². The Morgan fingerprint density at radius 3 is 1.51 bits per heavy atom. The summed E-state index contributed by atoms with van der Waals surface area (Å²) in [5.41, 5.74) is 3.80. The Labute approximate surface area is 320 Å². The van der Waals surface area contributed by atoms with Crippen molar-refractivity contribution in [2.45, 2.75) is 13.1 Å². The summed E-state index contributed by atoms with van der Waals surface area (Å²) < 4.78 is 12.0.